The zero-order chi connectivity index (χ0) is 28.6. The second-order valence-corrected chi connectivity index (χ2v) is 12.1. The standard InChI is InChI=1S/C30H36ClN3O4S/c1-5-23(3)32-30(36)28(19-24-11-7-6-8-12-24)33(20-25-14-16-26(31)17-15-25)29(35)21-34(39(4,37)38)27-13-9-10-22(2)18-27/h6-18,23,28H,5,19-21H2,1-4H3,(H,32,36)/t23-,28-/m1/s1. The van der Waals surface area contributed by atoms with Gasteiger partial charge in [0, 0.05) is 24.0 Å². The summed E-state index contributed by atoms with van der Waals surface area (Å²) in [6.07, 6.45) is 2.07. The van der Waals surface area contributed by atoms with Crippen molar-refractivity contribution in [3.05, 3.63) is 101 Å². The number of aryl methyl sites for hydroxylation is 1. The van der Waals surface area contributed by atoms with Gasteiger partial charge in [0.15, 0.2) is 0 Å². The van der Waals surface area contributed by atoms with E-state index in [1.807, 2.05) is 57.2 Å². The van der Waals surface area contributed by atoms with Crippen molar-refractivity contribution >= 4 is 39.1 Å². The zero-order valence-electron chi connectivity index (χ0n) is 22.8. The van der Waals surface area contributed by atoms with Gasteiger partial charge >= 0.3 is 0 Å². The smallest absolute Gasteiger partial charge is 0.244 e. The van der Waals surface area contributed by atoms with Crippen molar-refractivity contribution in [1.82, 2.24) is 10.2 Å². The Morgan fingerprint density at radius 3 is 2.21 bits per heavy atom. The van der Waals surface area contributed by atoms with Gasteiger partial charge in [-0.25, -0.2) is 8.42 Å². The summed E-state index contributed by atoms with van der Waals surface area (Å²) in [6.45, 7) is 5.39. The van der Waals surface area contributed by atoms with Gasteiger partial charge < -0.3 is 10.2 Å². The molecule has 0 aromatic heterocycles. The summed E-state index contributed by atoms with van der Waals surface area (Å²) in [7, 11) is -3.80. The van der Waals surface area contributed by atoms with Gasteiger partial charge in [0.2, 0.25) is 21.8 Å². The fourth-order valence-electron chi connectivity index (χ4n) is 4.18. The lowest BCUT2D eigenvalue weighted by atomic mass is 10.0. The predicted molar refractivity (Wildman–Crippen MR) is 157 cm³/mol. The number of halogens is 1. The Kier molecular flexibility index (Phi) is 10.5. The predicted octanol–water partition coefficient (Wildman–Crippen LogP) is 4.97. The molecular formula is C30H36ClN3O4S. The van der Waals surface area contributed by atoms with Crippen LogP contribution in [-0.4, -0.2) is 50.0 Å². The summed E-state index contributed by atoms with van der Waals surface area (Å²) in [5.74, 6) is -0.783. The number of nitrogens with zero attached hydrogens (tertiary/aromatic N) is 2. The molecule has 7 nitrogen and oxygen atoms in total. The molecule has 0 aliphatic heterocycles. The van der Waals surface area contributed by atoms with Crippen molar-refractivity contribution in [2.75, 3.05) is 17.1 Å². The van der Waals surface area contributed by atoms with Gasteiger partial charge in [0.25, 0.3) is 0 Å². The molecule has 3 aromatic rings. The Morgan fingerprint density at radius 2 is 1.62 bits per heavy atom. The molecule has 9 heteroatoms. The fraction of sp³-hybridized carbons (Fsp3) is 0.333. The Balaban J connectivity index is 2.05. The van der Waals surface area contributed by atoms with Crippen molar-refractivity contribution in [2.24, 2.45) is 0 Å². The summed E-state index contributed by atoms with van der Waals surface area (Å²) < 4.78 is 26.8. The molecule has 3 rings (SSSR count). The van der Waals surface area contributed by atoms with Crippen LogP contribution in [0.3, 0.4) is 0 Å². The van der Waals surface area contributed by atoms with Gasteiger partial charge in [-0.2, -0.15) is 0 Å². The Bertz CT molecular complexity index is 1360. The SMILES string of the molecule is CC[C@@H](C)NC(=O)[C@@H](Cc1ccccc1)N(Cc1ccc(Cl)cc1)C(=O)CN(c1cccc(C)c1)S(C)(=O)=O. The molecule has 0 radical (unpaired) electrons. The third-order valence-corrected chi connectivity index (χ3v) is 7.90. The van der Waals surface area contributed by atoms with Crippen LogP contribution in [0.4, 0.5) is 5.69 Å². The molecule has 0 aliphatic carbocycles. The first-order chi connectivity index (χ1) is 18.5. The molecule has 2 amide bonds. The highest BCUT2D eigenvalue weighted by Gasteiger charge is 2.33. The monoisotopic (exact) mass is 569 g/mol. The maximum absolute atomic E-state index is 14.0. The van der Waals surface area contributed by atoms with E-state index in [1.165, 1.54) is 4.90 Å². The molecule has 39 heavy (non-hydrogen) atoms. The largest absolute Gasteiger partial charge is 0.352 e. The van der Waals surface area contributed by atoms with Gasteiger partial charge in [-0.15, -0.1) is 0 Å². The third-order valence-electron chi connectivity index (χ3n) is 6.51. The van der Waals surface area contributed by atoms with Crippen LogP contribution in [0.5, 0.6) is 0 Å². The van der Waals surface area contributed by atoms with Crippen LogP contribution in [0.1, 0.15) is 37.0 Å². The molecule has 2 atom stereocenters. The van der Waals surface area contributed by atoms with Crippen LogP contribution in [0.15, 0.2) is 78.9 Å². The Labute approximate surface area is 236 Å². The van der Waals surface area contributed by atoms with Crippen LogP contribution in [0, 0.1) is 6.92 Å². The molecule has 0 aliphatic rings. The first-order valence-electron chi connectivity index (χ1n) is 12.9. The number of hydrogen-bond donors (Lipinski definition) is 1. The number of carbonyl (C=O) groups is 2. The van der Waals surface area contributed by atoms with Crippen LogP contribution < -0.4 is 9.62 Å². The van der Waals surface area contributed by atoms with Crippen LogP contribution >= 0.6 is 11.6 Å². The highest BCUT2D eigenvalue weighted by Crippen LogP contribution is 2.22. The molecule has 0 bridgehead atoms. The molecule has 0 unspecified atom stereocenters. The van der Waals surface area contributed by atoms with E-state index in [2.05, 4.69) is 5.32 Å². The van der Waals surface area contributed by atoms with Gasteiger partial charge in [-0.3, -0.25) is 13.9 Å². The lowest BCUT2D eigenvalue weighted by molar-refractivity contribution is -0.140. The molecule has 0 saturated carbocycles. The number of anilines is 1. The minimum atomic E-state index is -3.80. The maximum Gasteiger partial charge on any atom is 0.244 e. The molecule has 0 saturated heterocycles. The molecule has 1 N–H and O–H groups in total. The number of carbonyl (C=O) groups excluding carboxylic acids is 2. The minimum absolute atomic E-state index is 0.0944. The summed E-state index contributed by atoms with van der Waals surface area (Å²) in [5, 5.41) is 3.57. The Morgan fingerprint density at radius 1 is 0.949 bits per heavy atom. The molecule has 0 heterocycles. The van der Waals surface area contributed by atoms with E-state index in [0.717, 1.165) is 33.7 Å². The van der Waals surface area contributed by atoms with E-state index in [-0.39, 0.29) is 24.9 Å². The quantitative estimate of drug-likeness (QED) is 0.334. The first-order valence-corrected chi connectivity index (χ1v) is 15.1. The van der Waals surface area contributed by atoms with Crippen molar-refractivity contribution in [3.63, 3.8) is 0 Å². The molecular weight excluding hydrogens is 534 g/mol. The lowest BCUT2D eigenvalue weighted by Gasteiger charge is -2.34. The van der Waals surface area contributed by atoms with E-state index in [0.29, 0.717) is 10.7 Å². The second-order valence-electron chi connectivity index (χ2n) is 9.78. The van der Waals surface area contributed by atoms with E-state index < -0.39 is 28.5 Å². The van der Waals surface area contributed by atoms with E-state index in [4.69, 9.17) is 11.6 Å². The van der Waals surface area contributed by atoms with Crippen LogP contribution in [0.25, 0.3) is 0 Å². The number of hydrogen-bond acceptors (Lipinski definition) is 4. The summed E-state index contributed by atoms with van der Waals surface area (Å²) in [4.78, 5) is 29.2. The normalized spacial score (nSPS) is 12.8. The number of amides is 2. The first kappa shape index (κ1) is 30.2. The van der Waals surface area contributed by atoms with Gasteiger partial charge in [-0.1, -0.05) is 73.1 Å². The van der Waals surface area contributed by atoms with E-state index in [1.54, 1.807) is 42.5 Å². The van der Waals surface area contributed by atoms with Crippen LogP contribution in [-0.2, 0) is 32.6 Å². The number of sulfonamides is 1. The zero-order valence-corrected chi connectivity index (χ0v) is 24.4. The fourth-order valence-corrected chi connectivity index (χ4v) is 5.15. The average molecular weight is 570 g/mol. The highest BCUT2D eigenvalue weighted by molar-refractivity contribution is 7.92. The summed E-state index contributed by atoms with van der Waals surface area (Å²) in [6, 6.07) is 22.5. The van der Waals surface area contributed by atoms with Gasteiger partial charge in [0.05, 0.1) is 11.9 Å². The average Bonchev–Trinajstić information content (AvgIpc) is 2.90. The third kappa shape index (κ3) is 8.83. The van der Waals surface area contributed by atoms with E-state index >= 15 is 0 Å². The topological polar surface area (TPSA) is 86.8 Å². The minimum Gasteiger partial charge on any atom is -0.352 e. The van der Waals surface area contributed by atoms with Crippen molar-refractivity contribution in [1.29, 1.82) is 0 Å². The molecule has 0 fully saturated rings. The highest BCUT2D eigenvalue weighted by atomic mass is 35.5. The van der Waals surface area contributed by atoms with Gasteiger partial charge in [0.1, 0.15) is 12.6 Å². The number of rotatable bonds is 12. The van der Waals surface area contributed by atoms with Crippen molar-refractivity contribution in [2.45, 2.75) is 52.2 Å². The lowest BCUT2D eigenvalue weighted by Crippen LogP contribution is -2.54. The van der Waals surface area contributed by atoms with Crippen molar-refractivity contribution in [3.8, 4) is 0 Å². The Hall–Kier alpha value is -3.36. The summed E-state index contributed by atoms with van der Waals surface area (Å²) >= 11 is 6.09. The summed E-state index contributed by atoms with van der Waals surface area (Å²) in [5.41, 5.74) is 2.90. The number of benzene rings is 3. The second kappa shape index (κ2) is 13.6. The van der Waals surface area contributed by atoms with E-state index in [9.17, 15) is 18.0 Å². The molecule has 0 spiro atoms. The van der Waals surface area contributed by atoms with Crippen LogP contribution in [0.2, 0.25) is 5.02 Å². The van der Waals surface area contributed by atoms with Gasteiger partial charge in [-0.05, 0) is 61.2 Å². The maximum atomic E-state index is 14.0. The number of nitrogens with one attached hydrogen (secondary N) is 1. The van der Waals surface area contributed by atoms with Crippen molar-refractivity contribution < 1.29 is 18.0 Å². The molecule has 3 aromatic carbocycles. The molecule has 208 valence electrons.